The van der Waals surface area contributed by atoms with Gasteiger partial charge in [-0.1, -0.05) is 24.5 Å². The smallest absolute Gasteiger partial charge is 0.330 e. The fraction of sp³-hybridized carbons (Fsp3) is 0.739. The molecule has 2 heterocycles. The summed E-state index contributed by atoms with van der Waals surface area (Å²) < 4.78 is 11.2. The van der Waals surface area contributed by atoms with Gasteiger partial charge in [0.2, 0.25) is 0 Å². The molecule has 2 aliphatic heterocycles. The summed E-state index contributed by atoms with van der Waals surface area (Å²) in [6, 6.07) is 8.59. The summed E-state index contributed by atoms with van der Waals surface area (Å²) in [6.07, 6.45) is 3.86. The van der Waals surface area contributed by atoms with E-state index in [2.05, 4.69) is 36.1 Å². The van der Waals surface area contributed by atoms with Crippen molar-refractivity contribution in [3.63, 3.8) is 0 Å². The van der Waals surface area contributed by atoms with Crippen molar-refractivity contribution in [2.45, 2.75) is 65.1 Å². The van der Waals surface area contributed by atoms with Crippen molar-refractivity contribution >= 4 is 18.6 Å². The quantitative estimate of drug-likeness (QED) is 0.730. The summed E-state index contributed by atoms with van der Waals surface area (Å²) in [6.45, 7) is 14.0. The summed E-state index contributed by atoms with van der Waals surface area (Å²) in [5.41, 5.74) is 0.757. The molecule has 1 aromatic rings. The van der Waals surface area contributed by atoms with E-state index >= 15 is 0 Å². The highest BCUT2D eigenvalue weighted by molar-refractivity contribution is 6.47. The lowest BCUT2D eigenvalue weighted by atomic mass is 9.82. The third-order valence-electron chi connectivity index (χ3n) is 6.99. The van der Waals surface area contributed by atoms with Crippen LogP contribution in [0.3, 0.4) is 0 Å². The van der Waals surface area contributed by atoms with Crippen LogP contribution in [-0.4, -0.2) is 50.1 Å². The average Bonchev–Trinajstić information content (AvgIpc) is 2.78. The molecule has 3 rings (SSSR count). The van der Waals surface area contributed by atoms with Gasteiger partial charge in [-0.3, -0.25) is 0 Å². The summed E-state index contributed by atoms with van der Waals surface area (Å²) in [5, 5.41) is 10.2. The molecule has 0 bridgehead atoms. The lowest BCUT2D eigenvalue weighted by Crippen LogP contribution is -2.49. The number of anilines is 1. The highest BCUT2D eigenvalue weighted by atomic mass is 16.5. The van der Waals surface area contributed by atoms with Crippen molar-refractivity contribution in [3.05, 3.63) is 24.3 Å². The Kier molecular flexibility index (Phi) is 6.78. The fourth-order valence-electron chi connectivity index (χ4n) is 3.89. The predicted octanol–water partition coefficient (Wildman–Crippen LogP) is 3.39. The Morgan fingerprint density at radius 1 is 1.11 bits per heavy atom. The van der Waals surface area contributed by atoms with Crippen LogP contribution in [0.1, 0.15) is 53.9 Å². The molecule has 0 aromatic heterocycles. The molecule has 4 nitrogen and oxygen atoms in total. The van der Waals surface area contributed by atoms with E-state index in [0.29, 0.717) is 0 Å². The Morgan fingerprint density at radius 3 is 2.32 bits per heavy atom. The van der Waals surface area contributed by atoms with Crippen molar-refractivity contribution in [1.29, 1.82) is 0 Å². The van der Waals surface area contributed by atoms with Gasteiger partial charge in [-0.15, -0.1) is 0 Å². The maximum absolute atomic E-state index is 10.2. The van der Waals surface area contributed by atoms with Crippen molar-refractivity contribution < 1.29 is 14.5 Å². The third-order valence-corrected chi connectivity index (χ3v) is 6.99. The van der Waals surface area contributed by atoms with Crippen molar-refractivity contribution in [2.75, 3.05) is 31.2 Å². The van der Waals surface area contributed by atoms with Gasteiger partial charge in [-0.05, 0) is 70.9 Å². The Morgan fingerprint density at radius 2 is 1.75 bits per heavy atom. The number of hydrogen-bond donors (Lipinski definition) is 1. The van der Waals surface area contributed by atoms with Gasteiger partial charge < -0.3 is 19.4 Å². The van der Waals surface area contributed by atoms with Gasteiger partial charge in [-0.2, -0.15) is 0 Å². The zero-order valence-corrected chi connectivity index (χ0v) is 18.3. The van der Waals surface area contributed by atoms with Gasteiger partial charge in [0.25, 0.3) is 0 Å². The average molecular weight is 386 g/mol. The fourth-order valence-corrected chi connectivity index (χ4v) is 3.89. The van der Waals surface area contributed by atoms with Crippen molar-refractivity contribution in [2.24, 2.45) is 17.8 Å². The van der Waals surface area contributed by atoms with Crippen LogP contribution >= 0.6 is 0 Å². The van der Waals surface area contributed by atoms with E-state index in [9.17, 15) is 5.11 Å². The van der Waals surface area contributed by atoms with Gasteiger partial charge in [0.15, 0.2) is 0 Å². The minimum absolute atomic E-state index is 0.646. The van der Waals surface area contributed by atoms with E-state index in [1.165, 1.54) is 24.9 Å². The molecule has 5 heteroatoms. The van der Waals surface area contributed by atoms with Crippen LogP contribution in [0.5, 0.6) is 0 Å². The van der Waals surface area contributed by atoms with Crippen LogP contribution in [-0.2, 0) is 9.39 Å². The topological polar surface area (TPSA) is 41.9 Å². The van der Waals surface area contributed by atoms with Crippen LogP contribution in [0.15, 0.2) is 24.3 Å². The maximum atomic E-state index is 10.2. The van der Waals surface area contributed by atoms with E-state index in [1.807, 2.05) is 13.8 Å². The monoisotopic (exact) mass is 386 g/mol. The van der Waals surface area contributed by atoms with E-state index in [-0.39, 0.29) is 0 Å². The van der Waals surface area contributed by atoms with Crippen molar-refractivity contribution in [3.8, 4) is 0 Å². The Bertz CT molecular complexity index is 622. The largest absolute Gasteiger partial charge is 0.427 e. The zero-order valence-electron chi connectivity index (χ0n) is 18.3. The molecule has 0 saturated carbocycles. The predicted molar refractivity (Wildman–Crippen MR) is 116 cm³/mol. The molecule has 1 N–H and O–H groups in total. The Balaban J connectivity index is 1.54. The van der Waals surface area contributed by atoms with Gasteiger partial charge in [0.05, 0.1) is 24.4 Å². The molecule has 0 aliphatic carbocycles. The number of benzene rings is 1. The lowest BCUT2D eigenvalue weighted by Gasteiger charge is -2.37. The van der Waals surface area contributed by atoms with Crippen LogP contribution < -0.4 is 10.4 Å². The summed E-state index contributed by atoms with van der Waals surface area (Å²) in [5.74, 6) is 2.40. The number of rotatable bonds is 7. The van der Waals surface area contributed by atoms with Crippen LogP contribution in [0.4, 0.5) is 5.69 Å². The molecule has 1 aromatic carbocycles. The van der Waals surface area contributed by atoms with Crippen molar-refractivity contribution in [1.82, 2.24) is 0 Å². The first-order chi connectivity index (χ1) is 13.2. The molecule has 2 aliphatic rings. The highest BCUT2D eigenvalue weighted by Gasteiger charge is 2.35. The second-order valence-corrected chi connectivity index (χ2v) is 9.84. The number of hydrogen-bond acceptors (Lipinski definition) is 4. The van der Waals surface area contributed by atoms with Gasteiger partial charge in [-0.25, -0.2) is 0 Å². The molecule has 0 amide bonds. The van der Waals surface area contributed by atoms with E-state index in [0.717, 1.165) is 49.5 Å². The second-order valence-electron chi connectivity index (χ2n) is 9.84. The zero-order chi connectivity index (χ0) is 20.4. The molecule has 2 atom stereocenters. The molecule has 2 fully saturated rings. The maximum Gasteiger partial charge on any atom is 0.330 e. The number of ether oxygens (including phenoxy) is 1. The molecule has 155 valence electrons. The Hall–Kier alpha value is -1.04. The first-order valence-electron chi connectivity index (χ1n) is 10.8. The molecular weight excluding hydrogens is 349 g/mol. The minimum Gasteiger partial charge on any atom is -0.427 e. The molecule has 1 radical (unpaired) electrons. The van der Waals surface area contributed by atoms with E-state index in [4.69, 9.17) is 9.39 Å². The third kappa shape index (κ3) is 5.31. The Labute approximate surface area is 171 Å². The molecular formula is C23H37BNO3. The van der Waals surface area contributed by atoms with E-state index in [1.54, 1.807) is 21.3 Å². The number of nitrogens with zero attached hydrogens (tertiary/aromatic N) is 1. The standard InChI is InChI=1S/C23H37BNO3/c1-17-10-12-25(13-11-19(17)14-18-15-27-16-18)21-8-6-20(7-9-21)24-28-23(4,5)22(2,3)26/h6-9,17-19,26H,10-16H2,1-5H3. The SMILES string of the molecule is CC1CCN(c2ccc([B]OC(C)(C)C(C)(C)O)cc2)CCC1CC1COC1. The van der Waals surface area contributed by atoms with Gasteiger partial charge >= 0.3 is 7.48 Å². The first-order valence-corrected chi connectivity index (χ1v) is 10.8. The normalized spacial score (nSPS) is 24.6. The first kappa shape index (κ1) is 21.7. The molecule has 2 unspecified atom stereocenters. The molecule has 28 heavy (non-hydrogen) atoms. The second kappa shape index (κ2) is 8.77. The molecule has 2 saturated heterocycles. The van der Waals surface area contributed by atoms with Crippen LogP contribution in [0, 0.1) is 17.8 Å². The summed E-state index contributed by atoms with van der Waals surface area (Å²) in [4.78, 5) is 2.53. The van der Waals surface area contributed by atoms with Crippen LogP contribution in [0.25, 0.3) is 0 Å². The summed E-state index contributed by atoms with van der Waals surface area (Å²) >= 11 is 0. The van der Waals surface area contributed by atoms with E-state index < -0.39 is 11.2 Å². The minimum atomic E-state index is -0.908. The van der Waals surface area contributed by atoms with Gasteiger partial charge in [0.1, 0.15) is 0 Å². The number of aliphatic hydroxyl groups is 1. The molecule has 0 spiro atoms. The lowest BCUT2D eigenvalue weighted by molar-refractivity contribution is -0.0893. The summed E-state index contributed by atoms with van der Waals surface area (Å²) in [7, 11) is 1.75. The highest BCUT2D eigenvalue weighted by Crippen LogP contribution is 2.33. The van der Waals surface area contributed by atoms with Crippen LogP contribution in [0.2, 0.25) is 0 Å². The van der Waals surface area contributed by atoms with Gasteiger partial charge in [0, 0.05) is 24.7 Å².